The zero-order valence-electron chi connectivity index (χ0n) is 13.0. The first-order valence-corrected chi connectivity index (χ1v) is 7.61. The molecule has 1 atom stereocenters. The van der Waals surface area contributed by atoms with Crippen LogP contribution in [0.1, 0.15) is 19.4 Å². The Balaban J connectivity index is 1.89. The molecule has 114 valence electrons. The molecule has 4 heteroatoms. The number of benzene rings is 2. The van der Waals surface area contributed by atoms with Crippen LogP contribution in [0.15, 0.2) is 53.5 Å². The van der Waals surface area contributed by atoms with Crippen molar-refractivity contribution in [3.8, 4) is 5.75 Å². The second kappa shape index (κ2) is 6.10. The van der Waals surface area contributed by atoms with Crippen molar-refractivity contribution in [3.63, 3.8) is 0 Å². The van der Waals surface area contributed by atoms with Crippen LogP contribution in [0.25, 0.3) is 0 Å². The molecule has 0 bridgehead atoms. The minimum Gasteiger partial charge on any atom is -0.480 e. The third kappa shape index (κ3) is 2.91. The summed E-state index contributed by atoms with van der Waals surface area (Å²) in [6, 6.07) is 16.0. The van der Waals surface area contributed by atoms with E-state index < -0.39 is 0 Å². The summed E-state index contributed by atoms with van der Waals surface area (Å²) >= 11 is 0. The van der Waals surface area contributed by atoms with Gasteiger partial charge < -0.3 is 15.4 Å². The number of nitrogen functional groups attached to an aromatic ring is 1. The van der Waals surface area contributed by atoms with E-state index in [-0.39, 0.29) is 6.10 Å². The average Bonchev–Trinajstić information content (AvgIpc) is 2.53. The molecular formula is C18H21N3O. The van der Waals surface area contributed by atoms with Gasteiger partial charge in [0.15, 0.2) is 6.10 Å². The number of anilines is 1. The highest BCUT2D eigenvalue weighted by molar-refractivity contribution is 5.91. The lowest BCUT2D eigenvalue weighted by Crippen LogP contribution is -2.41. The van der Waals surface area contributed by atoms with Crippen LogP contribution < -0.4 is 10.5 Å². The van der Waals surface area contributed by atoms with Gasteiger partial charge in [-0.15, -0.1) is 0 Å². The third-order valence-electron chi connectivity index (χ3n) is 3.81. The predicted molar refractivity (Wildman–Crippen MR) is 90.6 cm³/mol. The quantitative estimate of drug-likeness (QED) is 0.880. The molecule has 1 aliphatic heterocycles. The maximum absolute atomic E-state index is 5.99. The van der Waals surface area contributed by atoms with E-state index in [9.17, 15) is 0 Å². The molecular weight excluding hydrogens is 274 g/mol. The molecule has 0 fully saturated rings. The lowest BCUT2D eigenvalue weighted by Gasteiger charge is -2.32. The van der Waals surface area contributed by atoms with Crippen molar-refractivity contribution in [2.75, 3.05) is 12.3 Å². The number of ether oxygens (including phenoxy) is 1. The number of aliphatic imine (C=N–C) groups is 1. The van der Waals surface area contributed by atoms with Crippen LogP contribution in [0, 0.1) is 0 Å². The molecule has 2 aromatic rings. The molecule has 4 nitrogen and oxygen atoms in total. The van der Waals surface area contributed by atoms with Gasteiger partial charge in [0.2, 0.25) is 0 Å². The lowest BCUT2D eigenvalue weighted by molar-refractivity contribution is 0.254. The second-order valence-corrected chi connectivity index (χ2v) is 5.46. The number of hydrogen-bond donors (Lipinski definition) is 1. The predicted octanol–water partition coefficient (Wildman–Crippen LogP) is 3.60. The maximum Gasteiger partial charge on any atom is 0.153 e. The summed E-state index contributed by atoms with van der Waals surface area (Å²) in [6.45, 7) is 5.87. The van der Waals surface area contributed by atoms with Crippen molar-refractivity contribution in [2.45, 2.75) is 26.5 Å². The van der Waals surface area contributed by atoms with Gasteiger partial charge in [-0.1, -0.05) is 30.3 Å². The number of nitrogens with two attached hydrogens (primary N) is 1. The van der Waals surface area contributed by atoms with E-state index in [1.165, 1.54) is 5.56 Å². The van der Waals surface area contributed by atoms with Crippen LogP contribution in [-0.4, -0.2) is 23.4 Å². The van der Waals surface area contributed by atoms with E-state index in [4.69, 9.17) is 15.5 Å². The minimum absolute atomic E-state index is 0.0852. The molecule has 0 aliphatic carbocycles. The van der Waals surface area contributed by atoms with Crippen molar-refractivity contribution in [3.05, 3.63) is 54.1 Å². The normalized spacial score (nSPS) is 16.5. The van der Waals surface area contributed by atoms with Crippen molar-refractivity contribution < 1.29 is 4.74 Å². The Morgan fingerprint density at radius 3 is 2.68 bits per heavy atom. The zero-order chi connectivity index (χ0) is 15.5. The van der Waals surface area contributed by atoms with E-state index in [0.29, 0.717) is 5.69 Å². The number of rotatable bonds is 3. The molecule has 0 saturated carbocycles. The molecule has 2 aromatic carbocycles. The standard InChI is InChI=1S/C18H21N3O/c1-3-21(12-14-7-5-4-6-8-14)18-13(2)22-17-11-15(19)9-10-16(17)20-18/h4-11,13H,3,12,19H2,1-2H3. The first kappa shape index (κ1) is 14.4. The van der Waals surface area contributed by atoms with Gasteiger partial charge in [0.25, 0.3) is 0 Å². The van der Waals surface area contributed by atoms with Gasteiger partial charge >= 0.3 is 0 Å². The monoisotopic (exact) mass is 295 g/mol. The highest BCUT2D eigenvalue weighted by Crippen LogP contribution is 2.34. The molecule has 0 radical (unpaired) electrons. The van der Waals surface area contributed by atoms with Gasteiger partial charge in [-0.2, -0.15) is 0 Å². The van der Waals surface area contributed by atoms with Crippen LogP contribution in [0.3, 0.4) is 0 Å². The molecule has 3 rings (SSSR count). The van der Waals surface area contributed by atoms with Crippen LogP contribution in [-0.2, 0) is 6.54 Å². The number of hydrogen-bond acceptors (Lipinski definition) is 4. The van der Waals surface area contributed by atoms with Gasteiger partial charge in [-0.05, 0) is 31.5 Å². The lowest BCUT2D eigenvalue weighted by atomic mass is 10.1. The average molecular weight is 295 g/mol. The van der Waals surface area contributed by atoms with Crippen LogP contribution in [0.4, 0.5) is 11.4 Å². The first-order chi connectivity index (χ1) is 10.7. The topological polar surface area (TPSA) is 50.8 Å². The SMILES string of the molecule is CCN(Cc1ccccc1)C1=Nc2ccc(N)cc2OC1C. The summed E-state index contributed by atoms with van der Waals surface area (Å²) in [7, 11) is 0. The van der Waals surface area contributed by atoms with E-state index in [0.717, 1.165) is 30.4 Å². The summed E-state index contributed by atoms with van der Waals surface area (Å²) in [5.74, 6) is 1.72. The first-order valence-electron chi connectivity index (χ1n) is 7.61. The highest BCUT2D eigenvalue weighted by atomic mass is 16.5. The summed E-state index contributed by atoms with van der Waals surface area (Å²) in [5, 5.41) is 0. The number of fused-ring (bicyclic) bond motifs is 1. The summed E-state index contributed by atoms with van der Waals surface area (Å²) in [4.78, 5) is 7.05. The fourth-order valence-electron chi connectivity index (χ4n) is 2.66. The van der Waals surface area contributed by atoms with E-state index in [1.54, 1.807) is 0 Å². The Labute approximate surface area is 131 Å². The number of likely N-dealkylation sites (N-methyl/N-ethyl adjacent to an activating group) is 1. The van der Waals surface area contributed by atoms with Crippen LogP contribution in [0.5, 0.6) is 5.75 Å². The van der Waals surface area contributed by atoms with E-state index in [2.05, 4.69) is 36.1 Å². The fourth-order valence-corrected chi connectivity index (χ4v) is 2.66. The van der Waals surface area contributed by atoms with Gasteiger partial charge in [0.05, 0.1) is 0 Å². The molecule has 1 aliphatic rings. The van der Waals surface area contributed by atoms with Crippen molar-refractivity contribution in [1.29, 1.82) is 0 Å². The Bertz CT molecular complexity index is 682. The van der Waals surface area contributed by atoms with E-state index >= 15 is 0 Å². The Kier molecular flexibility index (Phi) is 4.00. The fraction of sp³-hybridized carbons (Fsp3) is 0.278. The molecule has 0 amide bonds. The van der Waals surface area contributed by atoms with Gasteiger partial charge in [-0.3, -0.25) is 0 Å². The summed E-state index contributed by atoms with van der Waals surface area (Å²) < 4.78 is 5.99. The smallest absolute Gasteiger partial charge is 0.153 e. The maximum atomic E-state index is 5.99. The van der Waals surface area contributed by atoms with Crippen molar-refractivity contribution in [2.24, 2.45) is 4.99 Å². The highest BCUT2D eigenvalue weighted by Gasteiger charge is 2.24. The molecule has 0 spiro atoms. The Hall–Kier alpha value is -2.49. The van der Waals surface area contributed by atoms with Gasteiger partial charge in [-0.25, -0.2) is 4.99 Å². The molecule has 0 saturated heterocycles. The largest absolute Gasteiger partial charge is 0.480 e. The third-order valence-corrected chi connectivity index (χ3v) is 3.81. The molecule has 1 heterocycles. The van der Waals surface area contributed by atoms with Crippen LogP contribution >= 0.6 is 0 Å². The number of amidine groups is 1. The minimum atomic E-state index is -0.0852. The zero-order valence-corrected chi connectivity index (χ0v) is 13.0. The van der Waals surface area contributed by atoms with Crippen LogP contribution in [0.2, 0.25) is 0 Å². The molecule has 1 unspecified atom stereocenters. The van der Waals surface area contributed by atoms with Crippen molar-refractivity contribution in [1.82, 2.24) is 4.90 Å². The van der Waals surface area contributed by atoms with Gasteiger partial charge in [0.1, 0.15) is 17.3 Å². The molecule has 0 aromatic heterocycles. The second-order valence-electron chi connectivity index (χ2n) is 5.46. The Morgan fingerprint density at radius 1 is 1.18 bits per heavy atom. The summed E-state index contributed by atoms with van der Waals surface area (Å²) in [5.41, 5.74) is 8.61. The van der Waals surface area contributed by atoms with Crippen molar-refractivity contribution >= 4 is 17.2 Å². The van der Waals surface area contributed by atoms with E-state index in [1.807, 2.05) is 31.2 Å². The Morgan fingerprint density at radius 2 is 1.95 bits per heavy atom. The number of nitrogens with zero attached hydrogens (tertiary/aromatic N) is 2. The molecule has 2 N–H and O–H groups in total. The summed E-state index contributed by atoms with van der Waals surface area (Å²) in [6.07, 6.45) is -0.0852. The van der Waals surface area contributed by atoms with Gasteiger partial charge in [0, 0.05) is 24.8 Å². The molecule has 22 heavy (non-hydrogen) atoms.